The van der Waals surface area contributed by atoms with Gasteiger partial charge in [0.1, 0.15) is 6.04 Å². The van der Waals surface area contributed by atoms with Crippen molar-refractivity contribution in [3.8, 4) is 0 Å². The number of rotatable bonds is 4. The number of nitrogens with zero attached hydrogens (tertiary/aromatic N) is 2. The highest BCUT2D eigenvalue weighted by molar-refractivity contribution is 5.72. The summed E-state index contributed by atoms with van der Waals surface area (Å²) in [4.78, 5) is 15.5. The largest absolute Gasteiger partial charge is 0.480 e. The fourth-order valence-corrected chi connectivity index (χ4v) is 2.92. The third-order valence-electron chi connectivity index (χ3n) is 4.48. The van der Waals surface area contributed by atoms with Gasteiger partial charge in [-0.05, 0) is 26.2 Å². The average molecular weight is 256 g/mol. The molecule has 2 aliphatic heterocycles. The molecular weight excluding hydrogens is 232 g/mol. The van der Waals surface area contributed by atoms with Crippen molar-refractivity contribution in [1.82, 2.24) is 9.80 Å². The predicted molar refractivity (Wildman–Crippen MR) is 68.6 cm³/mol. The smallest absolute Gasteiger partial charge is 0.320 e. The van der Waals surface area contributed by atoms with E-state index in [-0.39, 0.29) is 6.04 Å². The summed E-state index contributed by atoms with van der Waals surface area (Å²) in [6.45, 7) is 9.46. The zero-order valence-corrected chi connectivity index (χ0v) is 11.3. The number of hydrogen-bond donors (Lipinski definition) is 1. The van der Waals surface area contributed by atoms with Crippen LogP contribution in [0.4, 0.5) is 0 Å². The van der Waals surface area contributed by atoms with Crippen LogP contribution in [0.25, 0.3) is 0 Å². The van der Waals surface area contributed by atoms with E-state index in [2.05, 4.69) is 16.7 Å². The van der Waals surface area contributed by atoms with Crippen molar-refractivity contribution in [2.75, 3.05) is 39.4 Å². The van der Waals surface area contributed by atoms with Gasteiger partial charge in [-0.2, -0.15) is 0 Å². The first kappa shape index (κ1) is 13.8. The highest BCUT2D eigenvalue weighted by atomic mass is 16.5. The normalized spacial score (nSPS) is 30.2. The van der Waals surface area contributed by atoms with Crippen LogP contribution in [0.1, 0.15) is 20.3 Å². The Balaban J connectivity index is 1.80. The summed E-state index contributed by atoms with van der Waals surface area (Å²) in [7, 11) is 0. The Morgan fingerprint density at radius 2 is 1.83 bits per heavy atom. The molecule has 0 saturated carbocycles. The van der Waals surface area contributed by atoms with Crippen LogP contribution in [-0.4, -0.2) is 72.4 Å². The maximum Gasteiger partial charge on any atom is 0.320 e. The first-order valence-electron chi connectivity index (χ1n) is 6.88. The summed E-state index contributed by atoms with van der Waals surface area (Å²) in [6.07, 6.45) is 1.16. The van der Waals surface area contributed by atoms with Crippen LogP contribution in [0.15, 0.2) is 0 Å². The Labute approximate surface area is 109 Å². The fraction of sp³-hybridized carbons (Fsp3) is 0.923. The summed E-state index contributed by atoms with van der Waals surface area (Å²) in [5.74, 6) is -0.0749. The summed E-state index contributed by atoms with van der Waals surface area (Å²) in [6, 6.07) is 0.187. The van der Waals surface area contributed by atoms with Crippen LogP contribution in [-0.2, 0) is 9.53 Å². The number of ether oxygens (including phenoxy) is 1. The van der Waals surface area contributed by atoms with E-state index in [0.717, 1.165) is 45.8 Å². The van der Waals surface area contributed by atoms with E-state index in [1.54, 1.807) is 6.92 Å². The Hall–Kier alpha value is -0.650. The molecule has 5 heteroatoms. The van der Waals surface area contributed by atoms with Crippen molar-refractivity contribution >= 4 is 5.97 Å². The molecule has 1 N–H and O–H groups in total. The van der Waals surface area contributed by atoms with Crippen LogP contribution >= 0.6 is 0 Å². The molecular formula is C13H24N2O3. The molecule has 2 heterocycles. The summed E-state index contributed by atoms with van der Waals surface area (Å²) in [5.41, 5.74) is 0. The van der Waals surface area contributed by atoms with Crippen molar-refractivity contribution in [2.45, 2.75) is 32.4 Å². The van der Waals surface area contributed by atoms with Crippen LogP contribution in [0.5, 0.6) is 0 Å². The summed E-state index contributed by atoms with van der Waals surface area (Å²) in [5, 5.41) is 9.01. The second-order valence-corrected chi connectivity index (χ2v) is 5.45. The van der Waals surface area contributed by atoms with Gasteiger partial charge in [-0.25, -0.2) is 0 Å². The molecule has 0 radical (unpaired) electrons. The van der Waals surface area contributed by atoms with Gasteiger partial charge >= 0.3 is 5.97 Å². The topological polar surface area (TPSA) is 53.0 Å². The highest BCUT2D eigenvalue weighted by Crippen LogP contribution is 2.22. The molecule has 0 amide bonds. The van der Waals surface area contributed by atoms with E-state index in [0.29, 0.717) is 12.0 Å². The predicted octanol–water partition coefficient (Wildman–Crippen LogP) is 0.502. The van der Waals surface area contributed by atoms with E-state index in [4.69, 9.17) is 9.84 Å². The van der Waals surface area contributed by atoms with Gasteiger partial charge in [-0.1, -0.05) is 0 Å². The van der Waals surface area contributed by atoms with Crippen molar-refractivity contribution < 1.29 is 14.6 Å². The lowest BCUT2D eigenvalue weighted by molar-refractivity contribution is -0.143. The number of carboxylic acids is 1. The molecule has 2 fully saturated rings. The molecule has 2 rings (SSSR count). The van der Waals surface area contributed by atoms with Gasteiger partial charge in [0.15, 0.2) is 0 Å². The monoisotopic (exact) mass is 256 g/mol. The Morgan fingerprint density at radius 3 is 2.33 bits per heavy atom. The number of piperazine rings is 1. The molecule has 3 unspecified atom stereocenters. The first-order valence-corrected chi connectivity index (χ1v) is 6.88. The van der Waals surface area contributed by atoms with E-state index >= 15 is 0 Å². The summed E-state index contributed by atoms with van der Waals surface area (Å²) >= 11 is 0. The van der Waals surface area contributed by atoms with Crippen molar-refractivity contribution in [3.05, 3.63) is 0 Å². The minimum atomic E-state index is -0.722. The number of aliphatic carboxylic acids is 1. The zero-order chi connectivity index (χ0) is 13.1. The maximum atomic E-state index is 11.0. The lowest BCUT2D eigenvalue weighted by atomic mass is 9.98. The molecule has 3 atom stereocenters. The number of carbonyl (C=O) groups is 1. The van der Waals surface area contributed by atoms with Gasteiger partial charge in [0.2, 0.25) is 0 Å². The third-order valence-corrected chi connectivity index (χ3v) is 4.48. The molecule has 5 nitrogen and oxygen atoms in total. The van der Waals surface area contributed by atoms with E-state index in [9.17, 15) is 4.79 Å². The van der Waals surface area contributed by atoms with Gasteiger partial charge in [0.25, 0.3) is 0 Å². The van der Waals surface area contributed by atoms with Crippen molar-refractivity contribution in [3.63, 3.8) is 0 Å². The Bertz CT molecular complexity index is 284. The van der Waals surface area contributed by atoms with E-state index in [1.807, 2.05) is 0 Å². The highest BCUT2D eigenvalue weighted by Gasteiger charge is 2.31. The standard InChI is InChI=1S/C13H24N2O3/c1-10(12-3-8-18-9-12)14-4-6-15(7-5-14)11(2)13(16)17/h10-12H,3-9H2,1-2H3,(H,16,17). The van der Waals surface area contributed by atoms with Crippen molar-refractivity contribution in [1.29, 1.82) is 0 Å². The minimum absolute atomic E-state index is 0.364. The number of carboxylic acid groups (broad SMARTS) is 1. The molecule has 0 bridgehead atoms. The molecule has 2 saturated heterocycles. The van der Waals surface area contributed by atoms with Gasteiger partial charge in [0, 0.05) is 38.8 Å². The second kappa shape index (κ2) is 5.99. The summed E-state index contributed by atoms with van der Waals surface area (Å²) < 4.78 is 5.45. The SMILES string of the molecule is CC(C(=O)O)N1CCN(C(C)C2CCOC2)CC1. The quantitative estimate of drug-likeness (QED) is 0.794. The van der Waals surface area contributed by atoms with Crippen LogP contribution < -0.4 is 0 Å². The average Bonchev–Trinajstić information content (AvgIpc) is 2.91. The lowest BCUT2D eigenvalue weighted by Crippen LogP contribution is -2.54. The molecule has 0 aromatic heterocycles. The van der Waals surface area contributed by atoms with Crippen LogP contribution in [0.3, 0.4) is 0 Å². The first-order chi connectivity index (χ1) is 8.59. The minimum Gasteiger partial charge on any atom is -0.480 e. The zero-order valence-electron chi connectivity index (χ0n) is 11.3. The van der Waals surface area contributed by atoms with Gasteiger partial charge < -0.3 is 9.84 Å². The van der Waals surface area contributed by atoms with E-state index < -0.39 is 5.97 Å². The van der Waals surface area contributed by atoms with E-state index in [1.165, 1.54) is 0 Å². The van der Waals surface area contributed by atoms with Crippen LogP contribution in [0, 0.1) is 5.92 Å². The molecule has 18 heavy (non-hydrogen) atoms. The lowest BCUT2D eigenvalue weighted by Gasteiger charge is -2.41. The fourth-order valence-electron chi connectivity index (χ4n) is 2.92. The molecule has 0 aliphatic carbocycles. The maximum absolute atomic E-state index is 11.0. The Kier molecular flexibility index (Phi) is 4.59. The van der Waals surface area contributed by atoms with Crippen LogP contribution in [0.2, 0.25) is 0 Å². The molecule has 0 aromatic carbocycles. The number of hydrogen-bond acceptors (Lipinski definition) is 4. The third kappa shape index (κ3) is 3.02. The van der Waals surface area contributed by atoms with Gasteiger partial charge in [0.05, 0.1) is 6.61 Å². The molecule has 0 aromatic rings. The van der Waals surface area contributed by atoms with Gasteiger partial charge in [-0.15, -0.1) is 0 Å². The van der Waals surface area contributed by atoms with Crippen molar-refractivity contribution in [2.24, 2.45) is 5.92 Å². The second-order valence-electron chi connectivity index (χ2n) is 5.45. The molecule has 2 aliphatic rings. The molecule has 0 spiro atoms. The van der Waals surface area contributed by atoms with Gasteiger partial charge in [-0.3, -0.25) is 14.6 Å². The molecule has 104 valence electrons. The Morgan fingerprint density at radius 1 is 1.22 bits per heavy atom.